The first kappa shape index (κ1) is 12.1. The Kier molecular flexibility index (Phi) is 3.00. The van der Waals surface area contributed by atoms with Gasteiger partial charge in [-0.25, -0.2) is 19.7 Å². The summed E-state index contributed by atoms with van der Waals surface area (Å²) < 4.78 is 5.15. The van der Waals surface area contributed by atoms with Crippen LogP contribution in [0.3, 0.4) is 0 Å². The number of nitrogens with one attached hydrogen (secondary N) is 1. The molecule has 0 unspecified atom stereocenters. The van der Waals surface area contributed by atoms with Gasteiger partial charge in [-0.15, -0.1) is 0 Å². The summed E-state index contributed by atoms with van der Waals surface area (Å²) in [5, 5.41) is 0. The molecule has 0 saturated carbocycles. The Morgan fingerprint density at radius 3 is 2.85 bits per heavy atom. The van der Waals surface area contributed by atoms with E-state index >= 15 is 0 Å². The Labute approximate surface area is 113 Å². The number of nitrogens with zero attached hydrogens (tertiary/aromatic N) is 3. The second-order valence-corrected chi connectivity index (χ2v) is 4.05. The van der Waals surface area contributed by atoms with Crippen molar-refractivity contribution in [1.29, 1.82) is 0 Å². The summed E-state index contributed by atoms with van der Waals surface area (Å²) >= 11 is 0. The SMILES string of the molecule is Nc1n[c]nc2[nH]c(C(=O)OCc3ccccc3)nc12. The van der Waals surface area contributed by atoms with Crippen LogP contribution in [0.5, 0.6) is 0 Å². The van der Waals surface area contributed by atoms with Crippen molar-refractivity contribution >= 4 is 23.0 Å². The minimum absolute atomic E-state index is 0.0385. The van der Waals surface area contributed by atoms with Gasteiger partial charge in [-0.2, -0.15) is 0 Å². The lowest BCUT2D eigenvalue weighted by Crippen LogP contribution is -2.07. The predicted octanol–water partition coefficient (Wildman–Crippen LogP) is 1.09. The van der Waals surface area contributed by atoms with Gasteiger partial charge >= 0.3 is 5.97 Å². The van der Waals surface area contributed by atoms with Gasteiger partial charge < -0.3 is 15.5 Å². The van der Waals surface area contributed by atoms with Gasteiger partial charge in [0, 0.05) is 0 Å². The first-order valence-electron chi connectivity index (χ1n) is 5.84. The number of imidazole rings is 1. The molecule has 0 aliphatic carbocycles. The molecule has 3 N–H and O–H groups in total. The Balaban J connectivity index is 1.77. The van der Waals surface area contributed by atoms with Crippen molar-refractivity contribution in [1.82, 2.24) is 19.9 Å². The number of rotatable bonds is 3. The van der Waals surface area contributed by atoms with E-state index in [9.17, 15) is 4.79 Å². The van der Waals surface area contributed by atoms with Gasteiger partial charge in [-0.05, 0) is 5.56 Å². The second kappa shape index (κ2) is 4.96. The van der Waals surface area contributed by atoms with E-state index in [-0.39, 0.29) is 18.2 Å². The Hall–Kier alpha value is -2.96. The fourth-order valence-electron chi connectivity index (χ4n) is 1.69. The van der Waals surface area contributed by atoms with Crippen LogP contribution in [0.2, 0.25) is 0 Å². The van der Waals surface area contributed by atoms with Gasteiger partial charge in [0.05, 0.1) is 0 Å². The number of carbonyl (C=O) groups is 1. The molecular weight excluding hydrogens is 258 g/mol. The lowest BCUT2D eigenvalue weighted by atomic mass is 10.2. The second-order valence-electron chi connectivity index (χ2n) is 4.05. The molecule has 3 rings (SSSR count). The zero-order valence-electron chi connectivity index (χ0n) is 10.3. The molecule has 3 aromatic rings. The maximum Gasteiger partial charge on any atom is 0.374 e. The smallest absolute Gasteiger partial charge is 0.374 e. The summed E-state index contributed by atoms with van der Waals surface area (Å²) in [7, 11) is 0. The van der Waals surface area contributed by atoms with Crippen LogP contribution in [0.25, 0.3) is 11.2 Å². The molecule has 0 saturated heterocycles. The Morgan fingerprint density at radius 2 is 2.10 bits per heavy atom. The maximum atomic E-state index is 11.9. The molecule has 0 amide bonds. The van der Waals surface area contributed by atoms with Crippen molar-refractivity contribution < 1.29 is 9.53 Å². The van der Waals surface area contributed by atoms with E-state index in [1.54, 1.807) is 0 Å². The largest absolute Gasteiger partial charge is 0.455 e. The summed E-state index contributed by atoms with van der Waals surface area (Å²) in [6.07, 6.45) is 2.37. The lowest BCUT2D eigenvalue weighted by molar-refractivity contribution is 0.0460. The summed E-state index contributed by atoms with van der Waals surface area (Å²) in [6, 6.07) is 9.37. The molecule has 99 valence electrons. The molecule has 0 atom stereocenters. The van der Waals surface area contributed by atoms with Gasteiger partial charge in [0.1, 0.15) is 6.61 Å². The van der Waals surface area contributed by atoms with Crippen molar-refractivity contribution in [3.8, 4) is 0 Å². The molecule has 0 bridgehead atoms. The van der Waals surface area contributed by atoms with Gasteiger partial charge in [0.2, 0.25) is 12.2 Å². The molecule has 7 nitrogen and oxygen atoms in total. The van der Waals surface area contributed by atoms with E-state index in [0.29, 0.717) is 11.2 Å². The zero-order chi connectivity index (χ0) is 13.9. The summed E-state index contributed by atoms with van der Waals surface area (Å²) in [6.45, 7) is 0.171. The zero-order valence-corrected chi connectivity index (χ0v) is 10.3. The van der Waals surface area contributed by atoms with Crippen molar-refractivity contribution in [3.05, 3.63) is 48.0 Å². The number of anilines is 1. The van der Waals surface area contributed by atoms with E-state index < -0.39 is 5.97 Å². The topological polar surface area (TPSA) is 107 Å². The highest BCUT2D eigenvalue weighted by molar-refractivity contribution is 5.91. The monoisotopic (exact) mass is 268 g/mol. The molecule has 0 aliphatic heterocycles. The van der Waals surface area contributed by atoms with Crippen LogP contribution in [-0.4, -0.2) is 25.9 Å². The minimum Gasteiger partial charge on any atom is -0.455 e. The number of nitrogens with two attached hydrogens (primary N) is 1. The number of aromatic amines is 1. The van der Waals surface area contributed by atoms with Crippen LogP contribution in [0.4, 0.5) is 5.82 Å². The molecule has 0 spiro atoms. The Morgan fingerprint density at radius 1 is 1.30 bits per heavy atom. The predicted molar refractivity (Wildman–Crippen MR) is 70.5 cm³/mol. The quantitative estimate of drug-likeness (QED) is 0.688. The van der Waals surface area contributed by atoms with Crippen LogP contribution in [0, 0.1) is 6.33 Å². The van der Waals surface area contributed by atoms with Crippen molar-refractivity contribution in [2.45, 2.75) is 6.61 Å². The third kappa shape index (κ3) is 2.28. The molecule has 2 heterocycles. The maximum absolute atomic E-state index is 11.9. The lowest BCUT2D eigenvalue weighted by Gasteiger charge is -2.02. The Bertz CT molecular complexity index is 754. The molecule has 1 aromatic carbocycles. The number of hydrogen-bond donors (Lipinski definition) is 2. The van der Waals surface area contributed by atoms with E-state index in [1.165, 1.54) is 0 Å². The number of nitrogen functional groups attached to an aromatic ring is 1. The van der Waals surface area contributed by atoms with Gasteiger partial charge in [-0.3, -0.25) is 0 Å². The summed E-state index contributed by atoms with van der Waals surface area (Å²) in [5.41, 5.74) is 7.19. The highest BCUT2D eigenvalue weighted by Crippen LogP contribution is 2.14. The molecular formula is C13H10N5O2. The first-order chi connectivity index (χ1) is 9.74. The van der Waals surface area contributed by atoms with E-state index in [0.717, 1.165) is 5.56 Å². The number of carbonyl (C=O) groups excluding carboxylic acids is 1. The van der Waals surface area contributed by atoms with E-state index in [1.807, 2.05) is 30.3 Å². The molecule has 2 aromatic heterocycles. The van der Waals surface area contributed by atoms with Gasteiger partial charge in [0.25, 0.3) is 0 Å². The van der Waals surface area contributed by atoms with E-state index in [2.05, 4.69) is 26.3 Å². The molecule has 1 radical (unpaired) electrons. The number of fused-ring (bicyclic) bond motifs is 1. The molecule has 0 fully saturated rings. The van der Waals surface area contributed by atoms with Gasteiger partial charge in [-0.1, -0.05) is 30.3 Å². The van der Waals surface area contributed by atoms with Crippen LogP contribution < -0.4 is 5.73 Å². The average molecular weight is 268 g/mol. The summed E-state index contributed by atoms with van der Waals surface area (Å²) in [4.78, 5) is 26.1. The first-order valence-corrected chi connectivity index (χ1v) is 5.84. The highest BCUT2D eigenvalue weighted by Gasteiger charge is 2.15. The number of benzene rings is 1. The van der Waals surface area contributed by atoms with Crippen LogP contribution in [0.1, 0.15) is 16.2 Å². The van der Waals surface area contributed by atoms with E-state index in [4.69, 9.17) is 10.5 Å². The van der Waals surface area contributed by atoms with Crippen LogP contribution in [-0.2, 0) is 11.3 Å². The molecule has 20 heavy (non-hydrogen) atoms. The number of ether oxygens (including phenoxy) is 1. The van der Waals surface area contributed by atoms with Crippen molar-refractivity contribution in [2.75, 3.05) is 5.73 Å². The third-order valence-corrected chi connectivity index (χ3v) is 2.67. The molecule has 0 aliphatic rings. The average Bonchev–Trinajstić information content (AvgIpc) is 2.91. The number of esters is 1. The normalized spacial score (nSPS) is 10.6. The third-order valence-electron chi connectivity index (χ3n) is 2.67. The summed E-state index contributed by atoms with van der Waals surface area (Å²) in [5.74, 6) is -0.379. The number of H-pyrrole nitrogens is 1. The van der Waals surface area contributed by atoms with Crippen molar-refractivity contribution in [3.63, 3.8) is 0 Å². The van der Waals surface area contributed by atoms with Crippen LogP contribution in [0.15, 0.2) is 30.3 Å². The van der Waals surface area contributed by atoms with Crippen LogP contribution >= 0.6 is 0 Å². The van der Waals surface area contributed by atoms with Crippen molar-refractivity contribution in [2.24, 2.45) is 0 Å². The minimum atomic E-state index is -0.578. The fourth-order valence-corrected chi connectivity index (χ4v) is 1.69. The highest BCUT2D eigenvalue weighted by atomic mass is 16.5. The van der Waals surface area contributed by atoms with Gasteiger partial charge in [0.15, 0.2) is 17.0 Å². The standard InChI is InChI=1S/C13H10N5O2/c14-10-9-11(16-7-15-10)18-12(17-9)13(19)20-6-8-4-2-1-3-5-8/h1-5H,6H2,(H3,14,15,16,17,18). The number of aromatic nitrogens is 4. The molecule has 7 heteroatoms. The fraction of sp³-hybridized carbons (Fsp3) is 0.0769. The number of hydrogen-bond acceptors (Lipinski definition) is 6.